The summed E-state index contributed by atoms with van der Waals surface area (Å²) >= 11 is -2.10. The van der Waals surface area contributed by atoms with Gasteiger partial charge in [-0.15, -0.1) is 0 Å². The van der Waals surface area contributed by atoms with E-state index in [9.17, 15) is 4.21 Å². The van der Waals surface area contributed by atoms with Crippen LogP contribution in [0.2, 0.25) is 0 Å². The first-order valence-electron chi connectivity index (χ1n) is 3.77. The van der Waals surface area contributed by atoms with E-state index in [1.165, 1.54) is 7.11 Å². The van der Waals surface area contributed by atoms with Crippen LogP contribution in [-0.2, 0) is 11.1 Å². The van der Waals surface area contributed by atoms with Gasteiger partial charge in [0.2, 0.25) is 0 Å². The summed E-state index contributed by atoms with van der Waals surface area (Å²) in [7, 11) is 1.52. The number of hydrogen-bond acceptors (Lipinski definition) is 3. The molecular weight excluding hydrogens is 206 g/mol. The van der Waals surface area contributed by atoms with Crippen LogP contribution in [0.1, 0.15) is 0 Å². The molecule has 0 aliphatic rings. The van der Waals surface area contributed by atoms with E-state index in [2.05, 4.69) is 15.0 Å². The van der Waals surface area contributed by atoms with E-state index in [1.807, 2.05) is 0 Å². The highest BCUT2D eigenvalue weighted by molar-refractivity contribution is 7.79. The average Bonchev–Trinajstić information content (AvgIpc) is 2.59. The smallest absolute Gasteiger partial charge is 0.351 e. The zero-order valence-electron chi connectivity index (χ0n) is 7.27. The Morgan fingerprint density at radius 2 is 2.43 bits per heavy atom. The number of ether oxygens (including phenoxy) is 1. The molecule has 0 radical (unpaired) electrons. The Kier molecular flexibility index (Phi) is 2.18. The maximum atomic E-state index is 10.7. The second-order valence-corrected chi connectivity index (χ2v) is 3.47. The molecule has 0 saturated carbocycles. The van der Waals surface area contributed by atoms with Crippen molar-refractivity contribution in [3.63, 3.8) is 0 Å². The molecule has 0 amide bonds. The monoisotopic (exact) mass is 214 g/mol. The number of fused-ring (bicyclic) bond motifs is 1. The summed E-state index contributed by atoms with van der Waals surface area (Å²) in [5.74, 6) is 0.541. The van der Waals surface area contributed by atoms with Gasteiger partial charge in [0.1, 0.15) is 5.52 Å². The van der Waals surface area contributed by atoms with E-state index in [0.717, 1.165) is 0 Å². The fourth-order valence-corrected chi connectivity index (χ4v) is 1.47. The van der Waals surface area contributed by atoms with Crippen LogP contribution in [0.15, 0.2) is 17.3 Å². The SMILES string of the molecule is COc1ccc2[nH]c(S(=O)O)nc2[nH+]1. The number of rotatable bonds is 2. The molecule has 2 aromatic rings. The van der Waals surface area contributed by atoms with Crippen LogP contribution < -0.4 is 9.72 Å². The normalized spacial score (nSPS) is 13.0. The highest BCUT2D eigenvalue weighted by Crippen LogP contribution is 2.10. The van der Waals surface area contributed by atoms with E-state index in [4.69, 9.17) is 9.29 Å². The molecule has 0 spiro atoms. The maximum Gasteiger partial charge on any atom is 0.351 e. The molecule has 14 heavy (non-hydrogen) atoms. The molecule has 0 aliphatic carbocycles. The molecule has 2 rings (SSSR count). The van der Waals surface area contributed by atoms with E-state index in [-0.39, 0.29) is 5.16 Å². The number of nitrogens with zero attached hydrogens (tertiary/aromatic N) is 1. The van der Waals surface area contributed by atoms with Crippen molar-refractivity contribution in [3.05, 3.63) is 12.1 Å². The molecule has 7 heteroatoms. The van der Waals surface area contributed by atoms with Crippen molar-refractivity contribution < 1.29 is 18.5 Å². The Labute approximate surface area is 81.6 Å². The van der Waals surface area contributed by atoms with Gasteiger partial charge in [0.15, 0.2) is 0 Å². The van der Waals surface area contributed by atoms with Crippen LogP contribution in [0.25, 0.3) is 11.2 Å². The zero-order chi connectivity index (χ0) is 10.1. The summed E-state index contributed by atoms with van der Waals surface area (Å²) in [6.07, 6.45) is 0. The van der Waals surface area contributed by atoms with E-state index >= 15 is 0 Å². The number of nitrogens with one attached hydrogen (secondary N) is 2. The van der Waals surface area contributed by atoms with E-state index in [0.29, 0.717) is 17.0 Å². The summed E-state index contributed by atoms with van der Waals surface area (Å²) < 4.78 is 24.4. The summed E-state index contributed by atoms with van der Waals surface area (Å²) in [6, 6.07) is 3.42. The molecule has 0 aromatic carbocycles. The third-order valence-corrected chi connectivity index (χ3v) is 2.26. The lowest BCUT2D eigenvalue weighted by atomic mass is 10.4. The van der Waals surface area contributed by atoms with Crippen LogP contribution in [-0.4, -0.2) is 25.8 Å². The number of aromatic nitrogens is 3. The Morgan fingerprint density at radius 1 is 1.64 bits per heavy atom. The maximum absolute atomic E-state index is 10.7. The number of methoxy groups -OCH3 is 1. The van der Waals surface area contributed by atoms with Crippen LogP contribution in [0.3, 0.4) is 0 Å². The predicted molar refractivity (Wildman–Crippen MR) is 48.2 cm³/mol. The van der Waals surface area contributed by atoms with Gasteiger partial charge in [-0.1, -0.05) is 0 Å². The molecule has 3 N–H and O–H groups in total. The van der Waals surface area contributed by atoms with Crippen LogP contribution >= 0.6 is 0 Å². The quantitative estimate of drug-likeness (QED) is 0.687. The first-order chi connectivity index (χ1) is 6.70. The fraction of sp³-hybridized carbons (Fsp3) is 0.143. The Hall–Kier alpha value is -1.47. The van der Waals surface area contributed by atoms with E-state index < -0.39 is 11.1 Å². The summed E-state index contributed by atoms with van der Waals surface area (Å²) in [5.41, 5.74) is 1.14. The van der Waals surface area contributed by atoms with Gasteiger partial charge in [-0.25, -0.2) is 9.19 Å². The summed E-state index contributed by atoms with van der Waals surface area (Å²) in [5, 5.41) is 0.0181. The topological polar surface area (TPSA) is 89.4 Å². The Morgan fingerprint density at radius 3 is 3.07 bits per heavy atom. The van der Waals surface area contributed by atoms with E-state index in [1.54, 1.807) is 12.1 Å². The lowest BCUT2D eigenvalue weighted by molar-refractivity contribution is -0.364. The molecule has 6 nitrogen and oxygen atoms in total. The standard InChI is InChI=1S/C7H7N3O3S/c1-13-5-3-2-4-6(9-5)10-7(8-4)14(11)12/h2-3H,1H3,(H,11,12)(H,8,9,10)/p+1. The van der Waals surface area contributed by atoms with Gasteiger partial charge in [0, 0.05) is 6.07 Å². The fourth-order valence-electron chi connectivity index (χ4n) is 1.10. The summed E-state index contributed by atoms with van der Waals surface area (Å²) in [6.45, 7) is 0. The molecule has 0 aliphatic heterocycles. The minimum Gasteiger partial charge on any atom is -0.466 e. The summed E-state index contributed by atoms with van der Waals surface area (Å²) in [4.78, 5) is 9.42. The van der Waals surface area contributed by atoms with Gasteiger partial charge in [-0.2, -0.15) is 0 Å². The second kappa shape index (κ2) is 3.35. The predicted octanol–water partition coefficient (Wildman–Crippen LogP) is -0.0338. The van der Waals surface area contributed by atoms with Gasteiger partial charge < -0.3 is 9.72 Å². The highest BCUT2D eigenvalue weighted by Gasteiger charge is 2.16. The number of aromatic amines is 2. The molecule has 0 saturated heterocycles. The third-order valence-electron chi connectivity index (χ3n) is 1.74. The van der Waals surface area contributed by atoms with Crippen LogP contribution in [0, 0.1) is 0 Å². The Balaban J connectivity index is 2.60. The minimum absolute atomic E-state index is 0.0181. The molecule has 2 aromatic heterocycles. The largest absolute Gasteiger partial charge is 0.466 e. The number of pyridine rings is 1. The van der Waals surface area contributed by atoms with Crippen molar-refractivity contribution in [2.24, 2.45) is 0 Å². The number of H-pyrrole nitrogens is 2. The average molecular weight is 214 g/mol. The molecule has 74 valence electrons. The molecule has 1 atom stereocenters. The first kappa shape index (κ1) is 9.10. The molecule has 0 fully saturated rings. The third kappa shape index (κ3) is 1.47. The van der Waals surface area contributed by atoms with Crippen molar-refractivity contribution >= 4 is 22.2 Å². The van der Waals surface area contributed by atoms with Gasteiger partial charge in [0.25, 0.3) is 17.0 Å². The second-order valence-electron chi connectivity index (χ2n) is 2.58. The number of hydrogen-bond donors (Lipinski definition) is 2. The van der Waals surface area contributed by atoms with Crippen molar-refractivity contribution in [1.82, 2.24) is 9.97 Å². The lowest BCUT2D eigenvalue weighted by Gasteiger charge is -1.91. The molecule has 2 heterocycles. The zero-order valence-corrected chi connectivity index (χ0v) is 8.09. The van der Waals surface area contributed by atoms with Gasteiger partial charge in [-0.05, 0) is 11.1 Å². The molecular formula is C7H8N3O3S+. The molecule has 1 unspecified atom stereocenters. The molecule has 0 bridgehead atoms. The first-order valence-corrected chi connectivity index (χ1v) is 4.88. The van der Waals surface area contributed by atoms with Crippen LogP contribution in [0.4, 0.5) is 0 Å². The van der Waals surface area contributed by atoms with Crippen molar-refractivity contribution in [1.29, 1.82) is 0 Å². The van der Waals surface area contributed by atoms with Crippen molar-refractivity contribution in [3.8, 4) is 5.88 Å². The van der Waals surface area contributed by atoms with Gasteiger partial charge in [-0.3, -0.25) is 4.55 Å². The van der Waals surface area contributed by atoms with Gasteiger partial charge in [0.05, 0.1) is 7.11 Å². The lowest BCUT2D eigenvalue weighted by Crippen LogP contribution is -2.08. The van der Waals surface area contributed by atoms with Gasteiger partial charge >= 0.3 is 10.8 Å². The Bertz CT molecular complexity index is 496. The van der Waals surface area contributed by atoms with Crippen molar-refractivity contribution in [2.45, 2.75) is 5.16 Å². The highest BCUT2D eigenvalue weighted by atomic mass is 32.2. The van der Waals surface area contributed by atoms with Crippen molar-refractivity contribution in [2.75, 3.05) is 7.11 Å². The van der Waals surface area contributed by atoms with Crippen LogP contribution in [0.5, 0.6) is 5.88 Å². The number of imidazole rings is 1. The minimum atomic E-state index is -2.10.